The molecule has 37 heavy (non-hydrogen) atoms. The van der Waals surface area contributed by atoms with Crippen molar-refractivity contribution in [2.24, 2.45) is 11.8 Å². The number of methoxy groups -OCH3 is 2. The number of carbonyl (C=O) groups is 3. The summed E-state index contributed by atoms with van der Waals surface area (Å²) in [6, 6.07) is 9.22. The van der Waals surface area contributed by atoms with Crippen molar-refractivity contribution in [3.05, 3.63) is 51.8 Å². The number of ether oxygens (including phenoxy) is 2. The number of amides is 2. The molecule has 2 heterocycles. The van der Waals surface area contributed by atoms with Crippen molar-refractivity contribution in [3.63, 3.8) is 0 Å². The summed E-state index contributed by atoms with van der Waals surface area (Å²) < 4.78 is 10.4. The van der Waals surface area contributed by atoms with E-state index in [1.165, 1.54) is 29.8 Å². The van der Waals surface area contributed by atoms with Gasteiger partial charge >= 0.3 is 5.97 Å². The zero-order valence-corrected chi connectivity index (χ0v) is 22.8. The van der Waals surface area contributed by atoms with Gasteiger partial charge in [0.15, 0.2) is 0 Å². The van der Waals surface area contributed by atoms with E-state index in [4.69, 9.17) is 9.47 Å². The first-order chi connectivity index (χ1) is 17.9. The molecule has 0 aliphatic heterocycles. The fourth-order valence-electron chi connectivity index (χ4n) is 4.46. The van der Waals surface area contributed by atoms with Crippen LogP contribution in [-0.4, -0.2) is 50.1 Å². The first-order valence-electron chi connectivity index (χ1n) is 12.2. The van der Waals surface area contributed by atoms with Crippen LogP contribution in [-0.2, 0) is 14.3 Å². The van der Waals surface area contributed by atoms with Crippen molar-refractivity contribution in [2.45, 2.75) is 32.6 Å². The van der Waals surface area contributed by atoms with Gasteiger partial charge in [-0.15, -0.1) is 22.7 Å². The van der Waals surface area contributed by atoms with Crippen molar-refractivity contribution >= 4 is 51.8 Å². The molecule has 0 unspecified atom stereocenters. The molecule has 10 heteroatoms. The van der Waals surface area contributed by atoms with E-state index in [0.29, 0.717) is 41.0 Å². The summed E-state index contributed by atoms with van der Waals surface area (Å²) in [6.45, 7) is 2.93. The highest BCUT2D eigenvalue weighted by atomic mass is 32.1. The average molecular weight is 542 g/mol. The predicted octanol–water partition coefficient (Wildman–Crippen LogP) is 5.72. The number of aromatic nitrogens is 1. The number of anilines is 2. The van der Waals surface area contributed by atoms with Crippen LogP contribution in [0.3, 0.4) is 0 Å². The molecule has 0 spiro atoms. The van der Waals surface area contributed by atoms with Gasteiger partial charge in [0, 0.05) is 35.5 Å². The van der Waals surface area contributed by atoms with E-state index in [2.05, 4.69) is 17.2 Å². The maximum absolute atomic E-state index is 13.6. The van der Waals surface area contributed by atoms with Crippen molar-refractivity contribution in [2.75, 3.05) is 37.6 Å². The fraction of sp³-hybridized carbons (Fsp3) is 0.407. The van der Waals surface area contributed by atoms with Crippen LogP contribution in [0.15, 0.2) is 41.2 Å². The van der Waals surface area contributed by atoms with Gasteiger partial charge < -0.3 is 19.7 Å². The van der Waals surface area contributed by atoms with Crippen LogP contribution in [0, 0.1) is 11.8 Å². The number of nitrogens with zero attached hydrogens (tertiary/aromatic N) is 2. The summed E-state index contributed by atoms with van der Waals surface area (Å²) in [4.78, 5) is 45.6. The molecule has 4 rings (SSSR count). The Morgan fingerprint density at radius 1 is 1.11 bits per heavy atom. The topological polar surface area (TPSA) is 97.8 Å². The molecule has 1 aliphatic rings. The third-order valence-corrected chi connectivity index (χ3v) is 8.36. The second-order valence-corrected chi connectivity index (χ2v) is 10.9. The van der Waals surface area contributed by atoms with Gasteiger partial charge in [-0.2, -0.15) is 0 Å². The Balaban J connectivity index is 1.61. The molecule has 3 aromatic rings. The monoisotopic (exact) mass is 541 g/mol. The number of hydrogen-bond donors (Lipinski definition) is 1. The van der Waals surface area contributed by atoms with Crippen LogP contribution in [0.25, 0.3) is 10.4 Å². The SMILES string of the molecule is COCCN(C(=O)C1CCC(C)CC1)c1cc(-c2ccc(NC(=O)c3cscn3)cc2)sc1C(=O)OC. The summed E-state index contributed by atoms with van der Waals surface area (Å²) in [5.74, 6) is -0.166. The minimum Gasteiger partial charge on any atom is -0.465 e. The summed E-state index contributed by atoms with van der Waals surface area (Å²) in [6.07, 6.45) is 3.75. The standard InChI is InChI=1S/C27H31N3O5S2/c1-17-4-6-19(7-5-17)26(32)30(12-13-34-2)22-14-23(37-24(22)27(33)35-3)18-8-10-20(11-9-18)29-25(31)21-15-36-16-28-21/h8-11,14-17,19H,4-7,12-13H2,1-3H3,(H,29,31). The number of esters is 1. The molecular weight excluding hydrogens is 510 g/mol. The lowest BCUT2D eigenvalue weighted by Gasteiger charge is -2.31. The van der Waals surface area contributed by atoms with Crippen molar-refractivity contribution in [1.82, 2.24) is 4.98 Å². The minimum atomic E-state index is -0.481. The number of thiophene rings is 1. The molecule has 0 atom stereocenters. The highest BCUT2D eigenvalue weighted by Crippen LogP contribution is 2.39. The van der Waals surface area contributed by atoms with E-state index in [-0.39, 0.29) is 17.7 Å². The summed E-state index contributed by atoms with van der Waals surface area (Å²) in [5, 5.41) is 4.52. The number of thiazole rings is 1. The first kappa shape index (κ1) is 27.0. The van der Waals surface area contributed by atoms with E-state index in [9.17, 15) is 14.4 Å². The fourth-order valence-corrected chi connectivity index (χ4v) is 6.08. The Labute approximate surface area is 224 Å². The van der Waals surface area contributed by atoms with Crippen molar-refractivity contribution in [3.8, 4) is 10.4 Å². The Morgan fingerprint density at radius 2 is 1.84 bits per heavy atom. The molecular formula is C27H31N3O5S2. The Hall–Kier alpha value is -3.08. The Kier molecular flexibility index (Phi) is 9.07. The van der Waals surface area contributed by atoms with E-state index in [1.807, 2.05) is 18.2 Å². The lowest BCUT2D eigenvalue weighted by Crippen LogP contribution is -2.40. The van der Waals surface area contributed by atoms with Gasteiger partial charge in [-0.1, -0.05) is 19.1 Å². The van der Waals surface area contributed by atoms with Crippen LogP contribution in [0.1, 0.15) is 52.8 Å². The lowest BCUT2D eigenvalue weighted by molar-refractivity contribution is -0.123. The predicted molar refractivity (Wildman–Crippen MR) is 147 cm³/mol. The first-order valence-corrected chi connectivity index (χ1v) is 14.0. The summed E-state index contributed by atoms with van der Waals surface area (Å²) in [7, 11) is 2.94. The molecule has 196 valence electrons. The number of hydrogen-bond acceptors (Lipinski definition) is 8. The third kappa shape index (κ3) is 6.44. The largest absolute Gasteiger partial charge is 0.465 e. The lowest BCUT2D eigenvalue weighted by atomic mass is 9.82. The highest BCUT2D eigenvalue weighted by molar-refractivity contribution is 7.18. The molecule has 0 radical (unpaired) electrons. The molecule has 0 bridgehead atoms. The quantitative estimate of drug-likeness (QED) is 0.348. The highest BCUT2D eigenvalue weighted by Gasteiger charge is 2.32. The van der Waals surface area contributed by atoms with E-state index in [0.717, 1.165) is 36.1 Å². The number of rotatable bonds is 9. The Bertz CT molecular complexity index is 1220. The number of benzene rings is 1. The van der Waals surface area contributed by atoms with E-state index in [1.54, 1.807) is 35.0 Å². The van der Waals surface area contributed by atoms with Crippen LogP contribution in [0.4, 0.5) is 11.4 Å². The van der Waals surface area contributed by atoms with E-state index < -0.39 is 5.97 Å². The summed E-state index contributed by atoms with van der Waals surface area (Å²) in [5.41, 5.74) is 4.02. The van der Waals surface area contributed by atoms with Gasteiger partial charge in [0.1, 0.15) is 10.6 Å². The van der Waals surface area contributed by atoms with Gasteiger partial charge in [-0.05, 0) is 55.4 Å². The molecule has 1 fully saturated rings. The third-order valence-electron chi connectivity index (χ3n) is 6.62. The van der Waals surface area contributed by atoms with Crippen molar-refractivity contribution < 1.29 is 23.9 Å². The zero-order valence-electron chi connectivity index (χ0n) is 21.2. The molecule has 2 amide bonds. The van der Waals surface area contributed by atoms with Gasteiger partial charge in [0.25, 0.3) is 5.91 Å². The van der Waals surface area contributed by atoms with Crippen LogP contribution in [0.5, 0.6) is 0 Å². The van der Waals surface area contributed by atoms with Gasteiger partial charge in [0.2, 0.25) is 5.91 Å². The van der Waals surface area contributed by atoms with Crippen LogP contribution in [0.2, 0.25) is 0 Å². The van der Waals surface area contributed by atoms with Gasteiger partial charge in [-0.25, -0.2) is 9.78 Å². The average Bonchev–Trinajstić information content (AvgIpc) is 3.60. The number of carbonyl (C=O) groups excluding carboxylic acids is 3. The van der Waals surface area contributed by atoms with Crippen LogP contribution >= 0.6 is 22.7 Å². The second kappa shape index (κ2) is 12.4. The minimum absolute atomic E-state index is 0.0264. The summed E-state index contributed by atoms with van der Waals surface area (Å²) >= 11 is 2.64. The van der Waals surface area contributed by atoms with Crippen LogP contribution < -0.4 is 10.2 Å². The second-order valence-electron chi connectivity index (χ2n) is 9.16. The maximum atomic E-state index is 13.6. The maximum Gasteiger partial charge on any atom is 0.350 e. The molecule has 1 aromatic carbocycles. The molecule has 2 aromatic heterocycles. The normalized spacial score (nSPS) is 17.3. The molecule has 0 saturated heterocycles. The van der Waals surface area contributed by atoms with E-state index >= 15 is 0 Å². The Morgan fingerprint density at radius 3 is 2.46 bits per heavy atom. The molecule has 1 N–H and O–H groups in total. The molecule has 8 nitrogen and oxygen atoms in total. The molecule has 1 saturated carbocycles. The number of nitrogens with one attached hydrogen (secondary N) is 1. The smallest absolute Gasteiger partial charge is 0.350 e. The van der Waals surface area contributed by atoms with Gasteiger partial charge in [0.05, 0.1) is 24.9 Å². The van der Waals surface area contributed by atoms with Crippen molar-refractivity contribution in [1.29, 1.82) is 0 Å². The zero-order chi connectivity index (χ0) is 26.4. The van der Waals surface area contributed by atoms with Gasteiger partial charge in [-0.3, -0.25) is 9.59 Å². The molecule has 1 aliphatic carbocycles.